The van der Waals surface area contributed by atoms with Gasteiger partial charge in [0.25, 0.3) is 0 Å². The van der Waals surface area contributed by atoms with Crippen molar-refractivity contribution in [3.05, 3.63) is 0 Å². The normalized spacial score (nSPS) is 11.7. The molecule has 0 fully saturated rings. The van der Waals surface area contributed by atoms with Crippen molar-refractivity contribution >= 4 is 11.9 Å². The molecule has 0 unspecified atom stereocenters. The summed E-state index contributed by atoms with van der Waals surface area (Å²) in [6, 6.07) is 0. The number of hydrogen-bond donors (Lipinski definition) is 2. The summed E-state index contributed by atoms with van der Waals surface area (Å²) in [4.78, 5) is 19.9. The fourth-order valence-electron chi connectivity index (χ4n) is 0.725. The van der Waals surface area contributed by atoms with E-state index in [1.807, 2.05) is 0 Å². The Labute approximate surface area is 71.0 Å². The highest BCUT2D eigenvalue weighted by Gasteiger charge is 2.42. The average molecular weight is 200 g/mol. The summed E-state index contributed by atoms with van der Waals surface area (Å²) in [7, 11) is 0. The lowest BCUT2D eigenvalue weighted by Gasteiger charge is -2.15. The van der Waals surface area contributed by atoms with Crippen molar-refractivity contribution in [3.63, 3.8) is 0 Å². The summed E-state index contributed by atoms with van der Waals surface area (Å²) < 4.78 is 35.7. The molecule has 0 aromatic heterocycles. The summed E-state index contributed by atoms with van der Waals surface area (Å²) in [5.74, 6) is -5.64. The van der Waals surface area contributed by atoms with Crippen LogP contribution in [0.1, 0.15) is 12.8 Å². The van der Waals surface area contributed by atoms with Crippen LogP contribution in [0.3, 0.4) is 0 Å². The molecule has 0 aliphatic carbocycles. The summed E-state index contributed by atoms with van der Waals surface area (Å²) in [6.45, 7) is 0. The van der Waals surface area contributed by atoms with E-state index in [4.69, 9.17) is 10.2 Å². The molecule has 2 N–H and O–H groups in total. The van der Waals surface area contributed by atoms with E-state index in [2.05, 4.69) is 0 Å². The second kappa shape index (κ2) is 4.11. The first-order chi connectivity index (χ1) is 5.73. The number of carboxylic acids is 2. The summed E-state index contributed by atoms with van der Waals surface area (Å²) >= 11 is 0. The first kappa shape index (κ1) is 11.7. The highest BCUT2D eigenvalue weighted by molar-refractivity contribution is 5.70. The molecule has 0 aliphatic rings. The van der Waals surface area contributed by atoms with Crippen LogP contribution in [0.2, 0.25) is 0 Å². The first-order valence-corrected chi connectivity index (χ1v) is 3.23. The number of hydrogen-bond acceptors (Lipinski definition) is 2. The molecule has 76 valence electrons. The number of carbonyl (C=O) groups is 2. The fraction of sp³-hybridized carbons (Fsp3) is 0.667. The predicted molar refractivity (Wildman–Crippen MR) is 34.1 cm³/mol. The van der Waals surface area contributed by atoms with Gasteiger partial charge in [0.05, 0.1) is 18.8 Å². The van der Waals surface area contributed by atoms with Crippen LogP contribution >= 0.6 is 0 Å². The van der Waals surface area contributed by atoms with Gasteiger partial charge in [-0.15, -0.1) is 0 Å². The van der Waals surface area contributed by atoms with Gasteiger partial charge in [-0.2, -0.15) is 13.2 Å². The standard InChI is InChI=1S/C6H7F3O4/c7-6(8,9)3(1-4(10)11)2-5(12)13/h3H,1-2H2,(H,10,11)(H,12,13). The van der Waals surface area contributed by atoms with Crippen molar-refractivity contribution in [2.75, 3.05) is 0 Å². The van der Waals surface area contributed by atoms with Gasteiger partial charge in [0, 0.05) is 0 Å². The molecule has 0 aliphatic heterocycles. The second-order valence-electron chi connectivity index (χ2n) is 2.43. The van der Waals surface area contributed by atoms with Crippen LogP contribution in [0.4, 0.5) is 13.2 Å². The van der Waals surface area contributed by atoms with Crippen molar-refractivity contribution in [2.24, 2.45) is 5.92 Å². The molecule has 7 heteroatoms. The SMILES string of the molecule is O=C(O)CC(CC(=O)O)C(F)(F)F. The lowest BCUT2D eigenvalue weighted by molar-refractivity contribution is -0.188. The van der Waals surface area contributed by atoms with E-state index in [1.165, 1.54) is 0 Å². The molecule has 0 heterocycles. The van der Waals surface area contributed by atoms with E-state index < -0.39 is 36.9 Å². The largest absolute Gasteiger partial charge is 0.481 e. The van der Waals surface area contributed by atoms with E-state index in [0.29, 0.717) is 0 Å². The number of carboxylic acid groups (broad SMARTS) is 2. The molecule has 0 bridgehead atoms. The van der Waals surface area contributed by atoms with E-state index in [0.717, 1.165) is 0 Å². The first-order valence-electron chi connectivity index (χ1n) is 3.23. The van der Waals surface area contributed by atoms with Gasteiger partial charge in [0.2, 0.25) is 0 Å². The third-order valence-corrected chi connectivity index (χ3v) is 1.30. The van der Waals surface area contributed by atoms with Crippen LogP contribution in [0.15, 0.2) is 0 Å². The molecular formula is C6H7F3O4. The summed E-state index contributed by atoms with van der Waals surface area (Å²) in [5.41, 5.74) is 0. The molecule has 0 aromatic rings. The summed E-state index contributed by atoms with van der Waals surface area (Å²) in [5, 5.41) is 16.1. The van der Waals surface area contributed by atoms with Gasteiger partial charge in [-0.05, 0) is 0 Å². The minimum absolute atomic E-state index is 1.21. The lowest BCUT2D eigenvalue weighted by atomic mass is 10.0. The number of alkyl halides is 3. The Hall–Kier alpha value is -1.27. The minimum atomic E-state index is -4.78. The molecule has 0 aromatic carbocycles. The van der Waals surface area contributed by atoms with Crippen LogP contribution in [-0.4, -0.2) is 28.3 Å². The van der Waals surface area contributed by atoms with Crippen LogP contribution in [-0.2, 0) is 9.59 Å². The van der Waals surface area contributed by atoms with Gasteiger partial charge in [0.1, 0.15) is 0 Å². The molecular weight excluding hydrogens is 193 g/mol. The molecule has 0 atom stereocenters. The van der Waals surface area contributed by atoms with Gasteiger partial charge in [-0.1, -0.05) is 0 Å². The van der Waals surface area contributed by atoms with Crippen molar-refractivity contribution in [3.8, 4) is 0 Å². The van der Waals surface area contributed by atoms with E-state index in [9.17, 15) is 22.8 Å². The average Bonchev–Trinajstić information content (AvgIpc) is 1.81. The maximum Gasteiger partial charge on any atom is 0.392 e. The molecule has 4 nitrogen and oxygen atoms in total. The van der Waals surface area contributed by atoms with Gasteiger partial charge in [-0.3, -0.25) is 9.59 Å². The Morgan fingerprint density at radius 1 is 1.08 bits per heavy atom. The van der Waals surface area contributed by atoms with Crippen molar-refractivity contribution < 1.29 is 33.0 Å². The van der Waals surface area contributed by atoms with Crippen LogP contribution in [0, 0.1) is 5.92 Å². The maximum atomic E-state index is 11.9. The Balaban J connectivity index is 4.37. The van der Waals surface area contributed by atoms with Crippen LogP contribution < -0.4 is 0 Å². The smallest absolute Gasteiger partial charge is 0.392 e. The Morgan fingerprint density at radius 2 is 1.38 bits per heavy atom. The maximum absolute atomic E-state index is 11.9. The van der Waals surface area contributed by atoms with Crippen LogP contribution in [0.5, 0.6) is 0 Å². The lowest BCUT2D eigenvalue weighted by Crippen LogP contribution is -2.27. The third-order valence-electron chi connectivity index (χ3n) is 1.30. The quantitative estimate of drug-likeness (QED) is 0.712. The zero-order chi connectivity index (χ0) is 10.6. The number of aliphatic carboxylic acids is 2. The van der Waals surface area contributed by atoms with Gasteiger partial charge in [0.15, 0.2) is 0 Å². The highest BCUT2D eigenvalue weighted by Crippen LogP contribution is 2.31. The zero-order valence-corrected chi connectivity index (χ0v) is 6.34. The predicted octanol–water partition coefficient (Wildman–Crippen LogP) is 1.11. The van der Waals surface area contributed by atoms with Gasteiger partial charge < -0.3 is 10.2 Å². The molecule has 0 spiro atoms. The topological polar surface area (TPSA) is 74.6 Å². The molecule has 0 saturated carbocycles. The molecule has 0 amide bonds. The molecule has 0 saturated heterocycles. The number of halogens is 3. The minimum Gasteiger partial charge on any atom is -0.481 e. The van der Waals surface area contributed by atoms with E-state index in [1.54, 1.807) is 0 Å². The molecule has 0 rings (SSSR count). The van der Waals surface area contributed by atoms with Gasteiger partial charge in [-0.25, -0.2) is 0 Å². The highest BCUT2D eigenvalue weighted by atomic mass is 19.4. The van der Waals surface area contributed by atoms with E-state index in [-0.39, 0.29) is 0 Å². The van der Waals surface area contributed by atoms with Gasteiger partial charge >= 0.3 is 18.1 Å². The third kappa shape index (κ3) is 5.05. The number of rotatable bonds is 4. The van der Waals surface area contributed by atoms with Crippen molar-refractivity contribution in [1.29, 1.82) is 0 Å². The Bertz CT molecular complexity index is 194. The van der Waals surface area contributed by atoms with Crippen molar-refractivity contribution in [1.82, 2.24) is 0 Å². The summed E-state index contributed by atoms with van der Waals surface area (Å²) in [6.07, 6.45) is -7.21. The van der Waals surface area contributed by atoms with E-state index >= 15 is 0 Å². The second-order valence-corrected chi connectivity index (χ2v) is 2.43. The van der Waals surface area contributed by atoms with Crippen molar-refractivity contribution in [2.45, 2.75) is 19.0 Å². The fourth-order valence-corrected chi connectivity index (χ4v) is 0.725. The monoisotopic (exact) mass is 200 g/mol. The Kier molecular flexibility index (Phi) is 3.70. The molecule has 13 heavy (non-hydrogen) atoms. The van der Waals surface area contributed by atoms with Crippen LogP contribution in [0.25, 0.3) is 0 Å². The zero-order valence-electron chi connectivity index (χ0n) is 6.34. The Morgan fingerprint density at radius 3 is 1.54 bits per heavy atom. The molecule has 0 radical (unpaired) electrons.